The molecule has 0 fully saturated rings. The summed E-state index contributed by atoms with van der Waals surface area (Å²) in [5.74, 6) is 6.04. The molecule has 80 valence electrons. The van der Waals surface area contributed by atoms with E-state index in [0.29, 0.717) is 6.04 Å². The summed E-state index contributed by atoms with van der Waals surface area (Å²) in [7, 11) is 1.98. The Hall–Kier alpha value is -0.780. The van der Waals surface area contributed by atoms with Crippen molar-refractivity contribution >= 4 is 15.9 Å². The van der Waals surface area contributed by atoms with E-state index in [1.54, 1.807) is 0 Å². The van der Waals surface area contributed by atoms with Crippen LogP contribution in [0.5, 0.6) is 0 Å². The molecule has 1 nitrogen and oxygen atoms in total. The van der Waals surface area contributed by atoms with Gasteiger partial charge in [0.15, 0.2) is 0 Å². The molecule has 0 radical (unpaired) electrons. The van der Waals surface area contributed by atoms with E-state index in [0.717, 1.165) is 12.8 Å². The van der Waals surface area contributed by atoms with E-state index in [1.807, 2.05) is 20.0 Å². The molecule has 0 aliphatic heterocycles. The SMILES string of the molecule is CC#CCC(Cc1ccccc1Br)NC. The smallest absolute Gasteiger partial charge is 0.0246 e. The number of likely N-dealkylation sites (N-methyl/N-ethyl adjacent to an activating group) is 1. The van der Waals surface area contributed by atoms with E-state index < -0.39 is 0 Å². The minimum absolute atomic E-state index is 0.427. The number of hydrogen-bond acceptors (Lipinski definition) is 1. The van der Waals surface area contributed by atoms with Crippen LogP contribution in [0.1, 0.15) is 18.9 Å². The van der Waals surface area contributed by atoms with E-state index in [4.69, 9.17) is 0 Å². The molecule has 0 amide bonds. The molecule has 0 heterocycles. The first-order chi connectivity index (χ1) is 7.27. The van der Waals surface area contributed by atoms with E-state index in [9.17, 15) is 0 Å². The molecule has 15 heavy (non-hydrogen) atoms. The Bertz CT molecular complexity index is 362. The summed E-state index contributed by atoms with van der Waals surface area (Å²) in [5.41, 5.74) is 1.33. The van der Waals surface area contributed by atoms with Gasteiger partial charge in [0.1, 0.15) is 0 Å². The summed E-state index contributed by atoms with van der Waals surface area (Å²) in [5, 5.41) is 3.29. The Balaban J connectivity index is 2.65. The third kappa shape index (κ3) is 4.07. The van der Waals surface area contributed by atoms with E-state index in [1.165, 1.54) is 10.0 Å². The Morgan fingerprint density at radius 1 is 1.40 bits per heavy atom. The second kappa shape index (κ2) is 6.66. The van der Waals surface area contributed by atoms with Gasteiger partial charge in [-0.2, -0.15) is 0 Å². The zero-order valence-corrected chi connectivity index (χ0v) is 10.8. The van der Waals surface area contributed by atoms with Crippen molar-refractivity contribution in [3.05, 3.63) is 34.3 Å². The van der Waals surface area contributed by atoms with Crippen molar-refractivity contribution in [2.24, 2.45) is 0 Å². The zero-order chi connectivity index (χ0) is 11.1. The van der Waals surface area contributed by atoms with Crippen molar-refractivity contribution in [3.8, 4) is 11.8 Å². The van der Waals surface area contributed by atoms with Gasteiger partial charge in [0, 0.05) is 16.9 Å². The van der Waals surface area contributed by atoms with Crippen molar-refractivity contribution in [1.82, 2.24) is 5.32 Å². The summed E-state index contributed by atoms with van der Waals surface area (Å²) < 4.78 is 1.18. The summed E-state index contributed by atoms with van der Waals surface area (Å²) in [6.07, 6.45) is 1.90. The fourth-order valence-electron chi connectivity index (χ4n) is 1.43. The van der Waals surface area contributed by atoms with Gasteiger partial charge in [-0.05, 0) is 32.0 Å². The van der Waals surface area contributed by atoms with Gasteiger partial charge in [-0.3, -0.25) is 0 Å². The van der Waals surface area contributed by atoms with Crippen LogP contribution in [0.2, 0.25) is 0 Å². The van der Waals surface area contributed by atoms with Gasteiger partial charge < -0.3 is 5.32 Å². The molecule has 1 unspecified atom stereocenters. The largest absolute Gasteiger partial charge is 0.316 e. The van der Waals surface area contributed by atoms with Gasteiger partial charge in [0.05, 0.1) is 0 Å². The van der Waals surface area contributed by atoms with Crippen LogP contribution in [0.4, 0.5) is 0 Å². The molecule has 1 aromatic carbocycles. The molecule has 1 aromatic rings. The van der Waals surface area contributed by atoms with Crippen LogP contribution in [0.3, 0.4) is 0 Å². The monoisotopic (exact) mass is 265 g/mol. The Kier molecular flexibility index (Phi) is 5.45. The molecule has 1 N–H and O–H groups in total. The maximum Gasteiger partial charge on any atom is 0.0246 e. The van der Waals surface area contributed by atoms with Crippen molar-refractivity contribution in [2.45, 2.75) is 25.8 Å². The lowest BCUT2D eigenvalue weighted by Crippen LogP contribution is -2.27. The summed E-state index contributed by atoms with van der Waals surface area (Å²) in [6.45, 7) is 1.88. The highest BCUT2D eigenvalue weighted by Crippen LogP contribution is 2.17. The van der Waals surface area contributed by atoms with Crippen LogP contribution in [-0.2, 0) is 6.42 Å². The Morgan fingerprint density at radius 2 is 2.13 bits per heavy atom. The molecule has 1 atom stereocenters. The molecule has 0 aromatic heterocycles. The quantitative estimate of drug-likeness (QED) is 0.826. The first kappa shape index (κ1) is 12.3. The zero-order valence-electron chi connectivity index (χ0n) is 9.18. The van der Waals surface area contributed by atoms with E-state index >= 15 is 0 Å². The average Bonchev–Trinajstić information content (AvgIpc) is 2.26. The number of nitrogens with one attached hydrogen (secondary N) is 1. The van der Waals surface area contributed by atoms with Gasteiger partial charge in [-0.1, -0.05) is 34.1 Å². The molecular formula is C13H16BrN. The summed E-state index contributed by atoms with van der Waals surface area (Å²) in [4.78, 5) is 0. The topological polar surface area (TPSA) is 12.0 Å². The molecular weight excluding hydrogens is 250 g/mol. The molecule has 0 saturated heterocycles. The van der Waals surface area contributed by atoms with E-state index in [2.05, 4.69) is 51.3 Å². The highest BCUT2D eigenvalue weighted by atomic mass is 79.9. The third-order valence-corrected chi connectivity index (χ3v) is 3.13. The third-order valence-electron chi connectivity index (χ3n) is 2.36. The van der Waals surface area contributed by atoms with Gasteiger partial charge in [0.25, 0.3) is 0 Å². The van der Waals surface area contributed by atoms with Crippen LogP contribution in [0, 0.1) is 11.8 Å². The van der Waals surface area contributed by atoms with Crippen LogP contribution in [-0.4, -0.2) is 13.1 Å². The first-order valence-electron chi connectivity index (χ1n) is 5.08. The fraction of sp³-hybridized carbons (Fsp3) is 0.385. The Labute approximate surface area is 100 Å². The first-order valence-corrected chi connectivity index (χ1v) is 5.87. The average molecular weight is 266 g/mol. The van der Waals surface area contributed by atoms with Crippen molar-refractivity contribution in [1.29, 1.82) is 0 Å². The maximum absolute atomic E-state index is 3.56. The van der Waals surface area contributed by atoms with Crippen LogP contribution < -0.4 is 5.32 Å². The van der Waals surface area contributed by atoms with Crippen molar-refractivity contribution < 1.29 is 0 Å². The summed E-state index contributed by atoms with van der Waals surface area (Å²) in [6, 6.07) is 8.75. The van der Waals surface area contributed by atoms with Crippen molar-refractivity contribution in [2.75, 3.05) is 7.05 Å². The molecule has 0 saturated carbocycles. The molecule has 0 aliphatic carbocycles. The van der Waals surface area contributed by atoms with Gasteiger partial charge >= 0.3 is 0 Å². The van der Waals surface area contributed by atoms with Crippen LogP contribution >= 0.6 is 15.9 Å². The highest BCUT2D eigenvalue weighted by molar-refractivity contribution is 9.10. The van der Waals surface area contributed by atoms with Crippen molar-refractivity contribution in [3.63, 3.8) is 0 Å². The predicted octanol–water partition coefficient (Wildman–Crippen LogP) is 2.99. The number of hydrogen-bond donors (Lipinski definition) is 1. The molecule has 0 bridgehead atoms. The summed E-state index contributed by atoms with van der Waals surface area (Å²) >= 11 is 3.56. The normalized spacial score (nSPS) is 11.7. The van der Waals surface area contributed by atoms with E-state index in [-0.39, 0.29) is 0 Å². The number of halogens is 1. The van der Waals surface area contributed by atoms with Gasteiger partial charge in [-0.25, -0.2) is 0 Å². The lowest BCUT2D eigenvalue weighted by atomic mass is 10.0. The van der Waals surface area contributed by atoms with Gasteiger partial charge in [-0.15, -0.1) is 11.8 Å². The molecule has 1 rings (SSSR count). The molecule has 2 heteroatoms. The minimum Gasteiger partial charge on any atom is -0.316 e. The van der Waals surface area contributed by atoms with Gasteiger partial charge in [0.2, 0.25) is 0 Å². The highest BCUT2D eigenvalue weighted by Gasteiger charge is 2.07. The molecule has 0 spiro atoms. The van der Waals surface area contributed by atoms with Crippen LogP contribution in [0.25, 0.3) is 0 Å². The Morgan fingerprint density at radius 3 is 2.73 bits per heavy atom. The number of rotatable bonds is 4. The number of benzene rings is 1. The predicted molar refractivity (Wildman–Crippen MR) is 68.8 cm³/mol. The fourth-order valence-corrected chi connectivity index (χ4v) is 1.88. The minimum atomic E-state index is 0.427. The second-order valence-electron chi connectivity index (χ2n) is 3.41. The maximum atomic E-state index is 3.56. The lowest BCUT2D eigenvalue weighted by Gasteiger charge is -2.14. The standard InChI is InChI=1S/C13H16BrN/c1-3-4-8-12(15-2)10-11-7-5-6-9-13(11)14/h5-7,9,12,15H,8,10H2,1-2H3. The van der Waals surface area contributed by atoms with Crippen LogP contribution in [0.15, 0.2) is 28.7 Å². The molecule has 0 aliphatic rings. The lowest BCUT2D eigenvalue weighted by molar-refractivity contribution is 0.572. The second-order valence-corrected chi connectivity index (χ2v) is 4.27.